The van der Waals surface area contributed by atoms with Crippen LogP contribution in [0.2, 0.25) is 0 Å². The second-order valence-electron chi connectivity index (χ2n) is 6.31. The highest BCUT2D eigenvalue weighted by molar-refractivity contribution is 5.70. The van der Waals surface area contributed by atoms with Gasteiger partial charge in [-0.05, 0) is 24.3 Å². The first-order valence-corrected chi connectivity index (χ1v) is 8.98. The van der Waals surface area contributed by atoms with Gasteiger partial charge in [-0.3, -0.25) is 4.90 Å². The molecule has 1 aromatic carbocycles. The van der Waals surface area contributed by atoms with E-state index in [-0.39, 0.29) is 6.10 Å². The molecule has 0 atom stereocenters. The summed E-state index contributed by atoms with van der Waals surface area (Å²) in [6.07, 6.45) is 2.63. The lowest BCUT2D eigenvalue weighted by Gasteiger charge is -2.37. The molecule has 9 heteroatoms. The smallest absolute Gasteiger partial charge is 0.434 e. The Hall–Kier alpha value is -3.88. The van der Waals surface area contributed by atoms with Gasteiger partial charge in [0.25, 0.3) is 0 Å². The van der Waals surface area contributed by atoms with Crippen molar-refractivity contribution in [2.24, 2.45) is 0 Å². The Morgan fingerprint density at radius 1 is 1.14 bits per heavy atom. The molecule has 0 spiro atoms. The molecule has 1 aliphatic heterocycles. The highest BCUT2D eigenvalue weighted by atomic mass is 16.7. The first-order chi connectivity index (χ1) is 14.2. The normalized spacial score (nSPS) is 13.3. The molecule has 0 radical (unpaired) electrons. The number of nitrogens with one attached hydrogen (secondary N) is 1. The second-order valence-corrected chi connectivity index (χ2v) is 6.31. The number of para-hydroxylation sites is 1. The summed E-state index contributed by atoms with van der Waals surface area (Å²) in [5.74, 6) is 1.64. The Kier molecular flexibility index (Phi) is 5.37. The van der Waals surface area contributed by atoms with Crippen LogP contribution in [0.3, 0.4) is 0 Å². The van der Waals surface area contributed by atoms with Gasteiger partial charge in [0.05, 0.1) is 20.2 Å². The molecule has 9 nitrogen and oxygen atoms in total. The quantitative estimate of drug-likeness (QED) is 0.639. The van der Waals surface area contributed by atoms with Crippen molar-refractivity contribution >= 4 is 11.9 Å². The number of carbonyl (C=O) groups is 1. The van der Waals surface area contributed by atoms with E-state index in [2.05, 4.69) is 20.7 Å². The van der Waals surface area contributed by atoms with Crippen LogP contribution in [0.15, 0.2) is 60.9 Å². The fourth-order valence-corrected chi connectivity index (χ4v) is 2.84. The van der Waals surface area contributed by atoms with E-state index >= 15 is 0 Å². The average molecular weight is 393 g/mol. The molecule has 1 amide bonds. The van der Waals surface area contributed by atoms with Crippen LogP contribution in [-0.2, 0) is 4.84 Å². The number of amides is 1. The molecular formula is C20H19N5O4. The molecule has 1 N–H and O–H groups in total. The number of benzene rings is 1. The van der Waals surface area contributed by atoms with Crippen molar-refractivity contribution < 1.29 is 19.1 Å². The summed E-state index contributed by atoms with van der Waals surface area (Å²) in [7, 11) is 1.64. The number of pyridine rings is 1. The molecule has 1 aliphatic rings. The van der Waals surface area contributed by atoms with Gasteiger partial charge in [-0.2, -0.15) is 10.6 Å². The zero-order chi connectivity index (χ0) is 20.1. The number of nitrogens with zero attached hydrogens (tertiary/aromatic N) is 4. The maximum absolute atomic E-state index is 12.0. The fourth-order valence-electron chi connectivity index (χ4n) is 2.84. The summed E-state index contributed by atoms with van der Waals surface area (Å²) in [6, 6.07) is 14.8. The molecule has 1 saturated heterocycles. The van der Waals surface area contributed by atoms with E-state index in [1.54, 1.807) is 31.5 Å². The van der Waals surface area contributed by atoms with Crippen molar-refractivity contribution in [2.45, 2.75) is 6.10 Å². The SMILES string of the molecule is COc1ccccc1-c1ccc(OC2CN(C(=O)ONc3cccnn3)C2)nc1. The standard InChI is InChI=1S/C20H19N5O4/c1-27-17-6-3-2-5-16(17)14-8-9-19(21-11-14)28-15-12-25(13-15)20(26)29-24-18-7-4-10-22-23-18/h2-11,15H,12-13H2,1H3,(H,23,24). The van der Waals surface area contributed by atoms with Gasteiger partial charge in [0.15, 0.2) is 5.82 Å². The number of aromatic nitrogens is 3. The molecule has 0 bridgehead atoms. The minimum atomic E-state index is -0.505. The van der Waals surface area contributed by atoms with Crippen LogP contribution < -0.4 is 15.0 Å². The number of anilines is 1. The molecule has 3 aromatic rings. The molecule has 3 heterocycles. The predicted molar refractivity (Wildman–Crippen MR) is 104 cm³/mol. The number of rotatable bonds is 6. The van der Waals surface area contributed by atoms with Crippen LogP contribution in [0, 0.1) is 0 Å². The zero-order valence-electron chi connectivity index (χ0n) is 15.7. The Labute approximate surface area is 167 Å². The number of carbonyl (C=O) groups excluding carboxylic acids is 1. The van der Waals surface area contributed by atoms with Crippen LogP contribution in [0.1, 0.15) is 0 Å². The molecule has 0 unspecified atom stereocenters. The minimum absolute atomic E-state index is 0.135. The van der Waals surface area contributed by atoms with Gasteiger partial charge in [-0.15, -0.1) is 5.10 Å². The third-order valence-electron chi connectivity index (χ3n) is 4.36. The summed E-state index contributed by atoms with van der Waals surface area (Å²) in [4.78, 5) is 22.8. The van der Waals surface area contributed by atoms with Gasteiger partial charge in [0.1, 0.15) is 11.9 Å². The Balaban J connectivity index is 1.26. The van der Waals surface area contributed by atoms with Gasteiger partial charge in [0.2, 0.25) is 5.88 Å². The average Bonchev–Trinajstić information content (AvgIpc) is 2.75. The van der Waals surface area contributed by atoms with E-state index in [0.717, 1.165) is 16.9 Å². The van der Waals surface area contributed by atoms with Crippen molar-refractivity contribution in [3.8, 4) is 22.8 Å². The first-order valence-electron chi connectivity index (χ1n) is 8.98. The highest BCUT2D eigenvalue weighted by Crippen LogP contribution is 2.30. The van der Waals surface area contributed by atoms with E-state index in [9.17, 15) is 4.79 Å². The van der Waals surface area contributed by atoms with Gasteiger partial charge in [-0.1, -0.05) is 18.2 Å². The number of methoxy groups -OCH3 is 1. The summed E-state index contributed by atoms with van der Waals surface area (Å²) < 4.78 is 11.2. The lowest BCUT2D eigenvalue weighted by atomic mass is 10.1. The highest BCUT2D eigenvalue weighted by Gasteiger charge is 2.34. The number of ether oxygens (including phenoxy) is 2. The third kappa shape index (κ3) is 4.34. The fraction of sp³-hybridized carbons (Fsp3) is 0.200. The minimum Gasteiger partial charge on any atom is -0.496 e. The van der Waals surface area contributed by atoms with Crippen LogP contribution in [0.25, 0.3) is 11.1 Å². The molecule has 29 heavy (non-hydrogen) atoms. The van der Waals surface area contributed by atoms with Crippen molar-refractivity contribution in [1.29, 1.82) is 0 Å². The molecule has 0 aliphatic carbocycles. The van der Waals surface area contributed by atoms with Crippen LogP contribution in [0.4, 0.5) is 10.6 Å². The molecule has 4 rings (SSSR count). The summed E-state index contributed by atoms with van der Waals surface area (Å²) in [5, 5.41) is 7.45. The summed E-state index contributed by atoms with van der Waals surface area (Å²) in [6.45, 7) is 0.827. The molecule has 2 aromatic heterocycles. The maximum Gasteiger partial charge on any atom is 0.434 e. The number of likely N-dealkylation sites (tertiary alicyclic amines) is 1. The molecular weight excluding hydrogens is 374 g/mol. The topological polar surface area (TPSA) is 98.7 Å². The van der Waals surface area contributed by atoms with Gasteiger partial charge >= 0.3 is 6.09 Å². The maximum atomic E-state index is 12.0. The second kappa shape index (κ2) is 8.42. The van der Waals surface area contributed by atoms with E-state index < -0.39 is 6.09 Å². The Morgan fingerprint density at radius 3 is 2.72 bits per heavy atom. The monoisotopic (exact) mass is 393 g/mol. The number of hydrogen-bond donors (Lipinski definition) is 1. The Morgan fingerprint density at radius 2 is 2.00 bits per heavy atom. The van der Waals surface area contributed by atoms with Crippen molar-refractivity contribution in [1.82, 2.24) is 20.1 Å². The van der Waals surface area contributed by atoms with E-state index in [1.165, 1.54) is 11.1 Å². The summed E-state index contributed by atoms with van der Waals surface area (Å²) >= 11 is 0. The third-order valence-corrected chi connectivity index (χ3v) is 4.36. The zero-order valence-corrected chi connectivity index (χ0v) is 15.7. The van der Waals surface area contributed by atoms with Crippen LogP contribution in [0.5, 0.6) is 11.6 Å². The molecule has 1 fully saturated rings. The van der Waals surface area contributed by atoms with Crippen LogP contribution in [-0.4, -0.2) is 52.5 Å². The van der Waals surface area contributed by atoms with Gasteiger partial charge in [0, 0.05) is 29.6 Å². The lowest BCUT2D eigenvalue weighted by molar-refractivity contribution is 0.0157. The molecule has 148 valence electrons. The van der Waals surface area contributed by atoms with Gasteiger partial charge < -0.3 is 14.3 Å². The van der Waals surface area contributed by atoms with Crippen molar-refractivity contribution in [3.05, 3.63) is 60.9 Å². The van der Waals surface area contributed by atoms with E-state index in [4.69, 9.17) is 14.3 Å². The lowest BCUT2D eigenvalue weighted by Crippen LogP contribution is -2.56. The van der Waals surface area contributed by atoms with Crippen molar-refractivity contribution in [3.63, 3.8) is 0 Å². The first kappa shape index (κ1) is 18.5. The largest absolute Gasteiger partial charge is 0.496 e. The summed E-state index contributed by atoms with van der Waals surface area (Å²) in [5.41, 5.74) is 4.36. The van der Waals surface area contributed by atoms with E-state index in [1.807, 2.05) is 30.3 Å². The molecule has 0 saturated carbocycles. The van der Waals surface area contributed by atoms with E-state index in [0.29, 0.717) is 24.8 Å². The van der Waals surface area contributed by atoms with Crippen molar-refractivity contribution in [2.75, 3.05) is 25.7 Å². The number of hydrogen-bond acceptors (Lipinski definition) is 8. The Bertz CT molecular complexity index is 962. The van der Waals surface area contributed by atoms with Gasteiger partial charge in [-0.25, -0.2) is 9.78 Å². The van der Waals surface area contributed by atoms with Crippen LogP contribution >= 0.6 is 0 Å². The predicted octanol–water partition coefficient (Wildman–Crippen LogP) is 2.77.